The molecule has 1 aromatic heterocycles. The van der Waals surface area contributed by atoms with Crippen molar-refractivity contribution in [1.29, 1.82) is 0 Å². The van der Waals surface area contributed by atoms with E-state index in [-0.39, 0.29) is 23.8 Å². The molecule has 2 aromatic rings. The van der Waals surface area contributed by atoms with Crippen LogP contribution in [0.3, 0.4) is 0 Å². The molecule has 1 aromatic carbocycles. The van der Waals surface area contributed by atoms with Gasteiger partial charge >= 0.3 is 0 Å². The van der Waals surface area contributed by atoms with E-state index in [1.165, 1.54) is 16.5 Å². The number of benzene rings is 1. The molecule has 0 bridgehead atoms. The minimum Gasteiger partial charge on any atom is -0.395 e. The second-order valence-electron chi connectivity index (χ2n) is 5.68. The molecule has 0 spiro atoms. The third-order valence-electron chi connectivity index (χ3n) is 3.97. The summed E-state index contributed by atoms with van der Waals surface area (Å²) in [6.07, 6.45) is 5.10. The van der Waals surface area contributed by atoms with Crippen molar-refractivity contribution in [3.63, 3.8) is 0 Å². The van der Waals surface area contributed by atoms with Gasteiger partial charge in [0, 0.05) is 34.8 Å². The van der Waals surface area contributed by atoms with E-state index in [1.54, 1.807) is 11.8 Å². The van der Waals surface area contributed by atoms with Gasteiger partial charge in [0.05, 0.1) is 6.61 Å². The van der Waals surface area contributed by atoms with Crippen molar-refractivity contribution in [3.8, 4) is 0 Å². The van der Waals surface area contributed by atoms with Gasteiger partial charge in [0.25, 0.3) is 0 Å². The maximum Gasteiger partial charge on any atom is 0.220 e. The van der Waals surface area contributed by atoms with E-state index in [9.17, 15) is 9.90 Å². The number of aliphatic hydroxyl groups is 1. The van der Waals surface area contributed by atoms with Crippen LogP contribution in [-0.2, 0) is 11.2 Å². The van der Waals surface area contributed by atoms with Gasteiger partial charge in [0.15, 0.2) is 0 Å². The average Bonchev–Trinajstić information content (AvgIpc) is 2.88. The van der Waals surface area contributed by atoms with Crippen molar-refractivity contribution >= 4 is 28.6 Å². The first-order valence-corrected chi connectivity index (χ1v) is 8.83. The normalized spacial score (nSPS) is 14.0. The van der Waals surface area contributed by atoms with Crippen LogP contribution in [0, 0.1) is 6.92 Å². The van der Waals surface area contributed by atoms with Crippen molar-refractivity contribution in [2.75, 3.05) is 12.9 Å². The van der Waals surface area contributed by atoms with Crippen LogP contribution >= 0.6 is 11.8 Å². The summed E-state index contributed by atoms with van der Waals surface area (Å²) in [4.78, 5) is 15.3. The molecule has 0 aliphatic heterocycles. The highest BCUT2D eigenvalue weighted by Crippen LogP contribution is 2.21. The Morgan fingerprint density at radius 1 is 1.45 bits per heavy atom. The zero-order valence-electron chi connectivity index (χ0n) is 13.3. The smallest absolute Gasteiger partial charge is 0.220 e. The second-order valence-corrected chi connectivity index (χ2v) is 6.75. The lowest BCUT2D eigenvalue weighted by Crippen LogP contribution is -2.41. The Kier molecular flexibility index (Phi) is 5.91. The van der Waals surface area contributed by atoms with E-state index in [4.69, 9.17) is 0 Å². The van der Waals surface area contributed by atoms with Gasteiger partial charge in [-0.25, -0.2) is 0 Å². The Bertz CT molecular complexity index is 635. The first kappa shape index (κ1) is 16.9. The molecule has 0 saturated heterocycles. The first-order valence-electron chi connectivity index (χ1n) is 7.54. The summed E-state index contributed by atoms with van der Waals surface area (Å²) in [7, 11) is 0. The van der Waals surface area contributed by atoms with Crippen molar-refractivity contribution in [2.24, 2.45) is 0 Å². The second kappa shape index (κ2) is 7.70. The maximum atomic E-state index is 12.1. The third-order valence-corrected chi connectivity index (χ3v) is 5.14. The van der Waals surface area contributed by atoms with Crippen LogP contribution in [0.25, 0.3) is 10.9 Å². The molecule has 0 saturated carbocycles. The molecule has 0 aliphatic carbocycles. The van der Waals surface area contributed by atoms with E-state index in [0.29, 0.717) is 12.8 Å². The number of nitrogens with one attached hydrogen (secondary N) is 2. The predicted octanol–water partition coefficient (Wildman–Crippen LogP) is 2.64. The summed E-state index contributed by atoms with van der Waals surface area (Å²) < 4.78 is 0. The lowest BCUT2D eigenvalue weighted by molar-refractivity contribution is -0.121. The first-order chi connectivity index (χ1) is 10.5. The molecule has 3 N–H and O–H groups in total. The van der Waals surface area contributed by atoms with Gasteiger partial charge in [-0.3, -0.25) is 4.79 Å². The highest BCUT2D eigenvalue weighted by Gasteiger charge is 2.17. The summed E-state index contributed by atoms with van der Waals surface area (Å²) in [6.45, 7) is 4.08. The summed E-state index contributed by atoms with van der Waals surface area (Å²) in [6, 6.07) is 6.27. The van der Waals surface area contributed by atoms with Crippen molar-refractivity contribution in [3.05, 3.63) is 35.5 Å². The molecular weight excluding hydrogens is 296 g/mol. The number of carbonyl (C=O) groups is 1. The number of aromatic nitrogens is 1. The number of H-pyrrole nitrogens is 1. The van der Waals surface area contributed by atoms with Crippen molar-refractivity contribution < 1.29 is 9.90 Å². The number of aromatic amines is 1. The molecule has 120 valence electrons. The topological polar surface area (TPSA) is 65.1 Å². The van der Waals surface area contributed by atoms with Gasteiger partial charge in [-0.15, -0.1) is 0 Å². The molecule has 0 aliphatic rings. The largest absolute Gasteiger partial charge is 0.395 e. The summed E-state index contributed by atoms with van der Waals surface area (Å²) in [5, 5.41) is 13.5. The highest BCUT2D eigenvalue weighted by atomic mass is 32.2. The predicted molar refractivity (Wildman–Crippen MR) is 93.4 cm³/mol. The van der Waals surface area contributed by atoms with Crippen LogP contribution in [0.4, 0.5) is 0 Å². The van der Waals surface area contributed by atoms with Gasteiger partial charge in [-0.2, -0.15) is 11.8 Å². The average molecular weight is 320 g/mol. The number of fused-ring (bicyclic) bond motifs is 1. The lowest BCUT2D eigenvalue weighted by atomic mass is 10.1. The van der Waals surface area contributed by atoms with E-state index in [0.717, 1.165) is 5.52 Å². The van der Waals surface area contributed by atoms with Crippen LogP contribution in [0.1, 0.15) is 24.5 Å². The Balaban J connectivity index is 1.94. The number of hydrogen-bond donors (Lipinski definition) is 3. The van der Waals surface area contributed by atoms with Gasteiger partial charge in [0.2, 0.25) is 5.91 Å². The SMILES string of the molecule is CSC(CO)C(C)NC(=O)CCc1c[nH]c2ccc(C)cc12. The van der Waals surface area contributed by atoms with Crippen LogP contribution < -0.4 is 5.32 Å². The zero-order valence-corrected chi connectivity index (χ0v) is 14.2. The zero-order chi connectivity index (χ0) is 16.1. The number of amides is 1. The molecule has 2 unspecified atom stereocenters. The molecule has 1 amide bonds. The minimum atomic E-state index is -0.0299. The van der Waals surface area contributed by atoms with Gasteiger partial charge in [0.1, 0.15) is 0 Å². The molecule has 2 rings (SSSR count). The molecule has 5 heteroatoms. The van der Waals surface area contributed by atoms with Crippen molar-refractivity contribution in [1.82, 2.24) is 10.3 Å². The number of carbonyl (C=O) groups excluding carboxylic acids is 1. The van der Waals surface area contributed by atoms with Gasteiger partial charge in [-0.1, -0.05) is 11.6 Å². The van der Waals surface area contributed by atoms with Crippen LogP contribution in [-0.4, -0.2) is 40.2 Å². The maximum absolute atomic E-state index is 12.1. The fraction of sp³-hybridized carbons (Fsp3) is 0.471. The Morgan fingerprint density at radius 2 is 2.23 bits per heavy atom. The van der Waals surface area contributed by atoms with Gasteiger partial charge < -0.3 is 15.4 Å². The number of aryl methyl sites for hydroxylation is 2. The lowest BCUT2D eigenvalue weighted by Gasteiger charge is -2.21. The Labute approximate surface area is 135 Å². The van der Waals surface area contributed by atoms with Crippen LogP contribution in [0.2, 0.25) is 0 Å². The highest BCUT2D eigenvalue weighted by molar-refractivity contribution is 7.99. The molecule has 22 heavy (non-hydrogen) atoms. The Hall–Kier alpha value is -1.46. The van der Waals surface area contributed by atoms with E-state index < -0.39 is 0 Å². The summed E-state index contributed by atoms with van der Waals surface area (Å²) >= 11 is 1.57. The van der Waals surface area contributed by atoms with Gasteiger partial charge in [-0.05, 0) is 44.2 Å². The Morgan fingerprint density at radius 3 is 2.91 bits per heavy atom. The fourth-order valence-electron chi connectivity index (χ4n) is 2.60. The molecule has 4 nitrogen and oxygen atoms in total. The minimum absolute atomic E-state index is 0.0296. The monoisotopic (exact) mass is 320 g/mol. The molecule has 1 heterocycles. The summed E-state index contributed by atoms with van der Waals surface area (Å²) in [5.74, 6) is 0.0296. The quantitative estimate of drug-likeness (QED) is 0.735. The van der Waals surface area contributed by atoms with Crippen LogP contribution in [0.5, 0.6) is 0 Å². The molecular formula is C17H24N2O2S. The molecule has 0 fully saturated rings. The number of thioether (sulfide) groups is 1. The van der Waals surface area contributed by atoms with E-state index in [1.807, 2.05) is 19.4 Å². The number of hydrogen-bond acceptors (Lipinski definition) is 3. The van der Waals surface area contributed by atoms with Crippen molar-refractivity contribution in [2.45, 2.75) is 38.0 Å². The third kappa shape index (κ3) is 4.05. The van der Waals surface area contributed by atoms with E-state index in [2.05, 4.69) is 35.4 Å². The standard InChI is InChI=1S/C17H24N2O2S/c1-11-4-6-15-14(8-11)13(9-18-15)5-7-17(21)19-12(2)16(10-20)22-3/h4,6,8-9,12,16,18,20H,5,7,10H2,1-3H3,(H,19,21). The number of rotatable bonds is 7. The fourth-order valence-corrected chi connectivity index (χ4v) is 3.23. The van der Waals surface area contributed by atoms with Crippen LogP contribution in [0.15, 0.2) is 24.4 Å². The summed E-state index contributed by atoms with van der Waals surface area (Å²) in [5.41, 5.74) is 3.50. The van der Waals surface area contributed by atoms with E-state index >= 15 is 0 Å². The molecule has 0 radical (unpaired) electrons. The number of aliphatic hydroxyl groups excluding tert-OH is 1. The molecule has 2 atom stereocenters.